The summed E-state index contributed by atoms with van der Waals surface area (Å²) in [6.07, 6.45) is 7.61. The zero-order valence-corrected chi connectivity index (χ0v) is 18.7. The molecule has 2 aromatic heterocycles. The summed E-state index contributed by atoms with van der Waals surface area (Å²) in [6.45, 7) is 1.58. The maximum absolute atomic E-state index is 12.0. The number of hydrogen-bond acceptors (Lipinski definition) is 10. The van der Waals surface area contributed by atoms with Crippen LogP contribution in [0, 0.1) is 11.8 Å². The van der Waals surface area contributed by atoms with Crippen LogP contribution in [0.25, 0.3) is 0 Å². The van der Waals surface area contributed by atoms with Gasteiger partial charge in [0.25, 0.3) is 5.19 Å². The monoisotopic (exact) mass is 463 g/mol. The number of anilines is 3. The van der Waals surface area contributed by atoms with Crippen LogP contribution in [-0.2, 0) is 9.59 Å². The number of carbonyl (C=O) groups excluding carboxylic acids is 2. The zero-order valence-electron chi connectivity index (χ0n) is 17.1. The number of aromatic nitrogens is 4. The molecule has 1 saturated heterocycles. The predicted molar refractivity (Wildman–Crippen MR) is 118 cm³/mol. The van der Waals surface area contributed by atoms with E-state index in [0.29, 0.717) is 27.8 Å². The molecule has 3 aliphatic rings. The van der Waals surface area contributed by atoms with Gasteiger partial charge in [-0.1, -0.05) is 22.9 Å². The average molecular weight is 464 g/mol. The summed E-state index contributed by atoms with van der Waals surface area (Å²) in [6, 6.07) is 0. The van der Waals surface area contributed by atoms with E-state index < -0.39 is 0 Å². The van der Waals surface area contributed by atoms with Crippen LogP contribution in [0.5, 0.6) is 5.19 Å². The van der Waals surface area contributed by atoms with E-state index in [9.17, 15) is 9.59 Å². The van der Waals surface area contributed by atoms with Crippen LogP contribution >= 0.6 is 22.7 Å². The predicted octanol–water partition coefficient (Wildman–Crippen LogP) is 2.91. The van der Waals surface area contributed by atoms with Crippen LogP contribution in [0.15, 0.2) is 0 Å². The fourth-order valence-corrected chi connectivity index (χ4v) is 5.12. The summed E-state index contributed by atoms with van der Waals surface area (Å²) in [5.74, 6) is 0.722. The van der Waals surface area contributed by atoms with Gasteiger partial charge in [0.2, 0.25) is 27.2 Å². The van der Waals surface area contributed by atoms with E-state index >= 15 is 0 Å². The van der Waals surface area contributed by atoms with Crippen LogP contribution in [0.1, 0.15) is 51.4 Å². The number of carbonyl (C=O) groups is 2. The summed E-state index contributed by atoms with van der Waals surface area (Å²) in [5.41, 5.74) is 0. The van der Waals surface area contributed by atoms with Gasteiger partial charge in [-0.05, 0) is 42.9 Å². The second-order valence-electron chi connectivity index (χ2n) is 8.38. The van der Waals surface area contributed by atoms with E-state index in [0.717, 1.165) is 63.2 Å². The van der Waals surface area contributed by atoms with Crippen molar-refractivity contribution in [1.82, 2.24) is 20.4 Å². The molecule has 0 bridgehead atoms. The lowest BCUT2D eigenvalue weighted by atomic mass is 9.85. The van der Waals surface area contributed by atoms with Gasteiger partial charge in [0.1, 0.15) is 6.10 Å². The minimum Gasteiger partial charge on any atom is -0.465 e. The first-order valence-electron chi connectivity index (χ1n) is 10.8. The van der Waals surface area contributed by atoms with E-state index in [1.165, 1.54) is 22.7 Å². The zero-order chi connectivity index (χ0) is 21.2. The molecule has 3 fully saturated rings. The number of nitrogens with one attached hydrogen (secondary N) is 2. The van der Waals surface area contributed by atoms with Crippen molar-refractivity contribution in [2.45, 2.75) is 57.5 Å². The third-order valence-corrected chi connectivity index (χ3v) is 7.55. The standard InChI is InChI=1S/C19H25N7O3S2/c27-14(10-11-4-5-11)20-16-22-24-18(30-16)26-8-6-13(7-9-26)29-19-25-23-17(31-19)21-15(28)12-2-1-3-12/h11-13H,1-10H2,(H,20,22,27)(H,21,23,28). The van der Waals surface area contributed by atoms with Crippen LogP contribution in [-0.4, -0.2) is 51.4 Å². The lowest BCUT2D eigenvalue weighted by Crippen LogP contribution is -2.38. The number of hydrogen-bond donors (Lipinski definition) is 2. The fourth-order valence-electron chi connectivity index (χ4n) is 3.64. The van der Waals surface area contributed by atoms with Crippen LogP contribution in [0.3, 0.4) is 0 Å². The molecule has 0 spiro atoms. The lowest BCUT2D eigenvalue weighted by Gasteiger charge is -2.30. The molecule has 0 radical (unpaired) electrons. The van der Waals surface area contributed by atoms with Gasteiger partial charge in [0.05, 0.1) is 0 Å². The molecule has 0 atom stereocenters. The normalized spacial score (nSPS) is 19.7. The number of amides is 2. The van der Waals surface area contributed by atoms with Crippen LogP contribution in [0.2, 0.25) is 0 Å². The Kier molecular flexibility index (Phi) is 5.99. The van der Waals surface area contributed by atoms with Gasteiger partial charge in [-0.3, -0.25) is 9.59 Å². The van der Waals surface area contributed by atoms with E-state index in [1.807, 2.05) is 0 Å². The van der Waals surface area contributed by atoms with Gasteiger partial charge < -0.3 is 20.3 Å². The Balaban J connectivity index is 1.07. The Labute approximate surface area is 187 Å². The second kappa shape index (κ2) is 9.03. The molecule has 0 unspecified atom stereocenters. The van der Waals surface area contributed by atoms with Gasteiger partial charge in [0, 0.05) is 38.3 Å². The average Bonchev–Trinajstić information content (AvgIpc) is 3.20. The summed E-state index contributed by atoms with van der Waals surface area (Å²) in [5, 5.41) is 24.5. The highest BCUT2D eigenvalue weighted by molar-refractivity contribution is 7.19. The van der Waals surface area contributed by atoms with Crippen molar-refractivity contribution in [2.75, 3.05) is 28.6 Å². The van der Waals surface area contributed by atoms with Gasteiger partial charge in [-0.15, -0.1) is 15.3 Å². The Morgan fingerprint density at radius 2 is 1.68 bits per heavy atom. The molecule has 3 heterocycles. The molecule has 2 aromatic rings. The molecule has 12 heteroatoms. The second-order valence-corrected chi connectivity index (χ2v) is 10.3. The third-order valence-electron chi connectivity index (χ3n) is 5.92. The van der Waals surface area contributed by atoms with Crippen molar-refractivity contribution in [3.05, 3.63) is 0 Å². The first-order valence-corrected chi connectivity index (χ1v) is 12.4. The SMILES string of the molecule is O=C(CC1CC1)Nc1nnc(N2CCC(Oc3nnc(NC(=O)C4CCC4)s3)CC2)s1. The summed E-state index contributed by atoms with van der Waals surface area (Å²) in [7, 11) is 0. The van der Waals surface area contributed by atoms with Crippen molar-refractivity contribution in [1.29, 1.82) is 0 Å². The number of piperidine rings is 1. The smallest absolute Gasteiger partial charge is 0.296 e. The van der Waals surface area contributed by atoms with Gasteiger partial charge in [0.15, 0.2) is 0 Å². The van der Waals surface area contributed by atoms with Crippen molar-refractivity contribution < 1.29 is 14.3 Å². The minimum atomic E-state index is 0.0256. The Morgan fingerprint density at radius 3 is 2.39 bits per heavy atom. The molecular weight excluding hydrogens is 438 g/mol. The molecule has 2 amide bonds. The van der Waals surface area contributed by atoms with Crippen LogP contribution in [0.4, 0.5) is 15.4 Å². The Hall–Kier alpha value is -2.34. The van der Waals surface area contributed by atoms with Crippen molar-refractivity contribution in [2.24, 2.45) is 11.8 Å². The number of rotatable bonds is 8. The minimum absolute atomic E-state index is 0.0256. The number of nitrogens with zero attached hydrogens (tertiary/aromatic N) is 5. The van der Waals surface area contributed by atoms with Gasteiger partial charge >= 0.3 is 0 Å². The van der Waals surface area contributed by atoms with Gasteiger partial charge in [-0.25, -0.2) is 0 Å². The Bertz CT molecular complexity index is 933. The number of ether oxygens (including phenoxy) is 1. The molecule has 31 heavy (non-hydrogen) atoms. The highest BCUT2D eigenvalue weighted by Crippen LogP contribution is 2.34. The molecule has 0 aromatic carbocycles. The molecule has 10 nitrogen and oxygen atoms in total. The highest BCUT2D eigenvalue weighted by atomic mass is 32.1. The molecule has 2 saturated carbocycles. The quantitative estimate of drug-likeness (QED) is 0.613. The van der Waals surface area contributed by atoms with Crippen molar-refractivity contribution in [3.8, 4) is 5.19 Å². The first kappa shape index (κ1) is 20.6. The maximum atomic E-state index is 12.0. The summed E-state index contributed by atoms with van der Waals surface area (Å²) < 4.78 is 5.98. The third kappa shape index (κ3) is 5.29. The summed E-state index contributed by atoms with van der Waals surface area (Å²) >= 11 is 2.68. The first-order chi connectivity index (χ1) is 15.1. The molecule has 2 N–H and O–H groups in total. The fraction of sp³-hybridized carbons (Fsp3) is 0.684. The Morgan fingerprint density at radius 1 is 0.935 bits per heavy atom. The largest absolute Gasteiger partial charge is 0.465 e. The van der Waals surface area contributed by atoms with E-state index in [4.69, 9.17) is 4.74 Å². The van der Waals surface area contributed by atoms with Gasteiger partial charge in [-0.2, -0.15) is 0 Å². The van der Waals surface area contributed by atoms with Crippen molar-refractivity contribution in [3.63, 3.8) is 0 Å². The highest BCUT2D eigenvalue weighted by Gasteiger charge is 2.28. The van der Waals surface area contributed by atoms with E-state index in [1.54, 1.807) is 0 Å². The lowest BCUT2D eigenvalue weighted by molar-refractivity contribution is -0.122. The maximum Gasteiger partial charge on any atom is 0.296 e. The molecule has 166 valence electrons. The van der Waals surface area contributed by atoms with E-state index in [2.05, 4.69) is 35.9 Å². The summed E-state index contributed by atoms with van der Waals surface area (Å²) in [4.78, 5) is 26.1. The topological polar surface area (TPSA) is 122 Å². The molecular formula is C19H25N7O3S2. The van der Waals surface area contributed by atoms with Crippen LogP contribution < -0.4 is 20.3 Å². The molecule has 5 rings (SSSR count). The molecule has 2 aliphatic carbocycles. The van der Waals surface area contributed by atoms with E-state index in [-0.39, 0.29) is 23.8 Å². The molecule has 1 aliphatic heterocycles. The van der Waals surface area contributed by atoms with Crippen molar-refractivity contribution >= 4 is 49.9 Å².